The largest absolute Gasteiger partial charge is 0.321 e. The van der Waals surface area contributed by atoms with E-state index in [1.54, 1.807) is 12.2 Å². The molecule has 0 aliphatic carbocycles. The van der Waals surface area contributed by atoms with Crippen LogP contribution in [-0.2, 0) is 4.79 Å². The Balaban J connectivity index is 2.80. The molecule has 2 rings (SSSR count). The van der Waals surface area contributed by atoms with Crippen LogP contribution in [-0.4, -0.2) is 5.91 Å². The smallest absolute Gasteiger partial charge is 0.230 e. The van der Waals surface area contributed by atoms with Crippen molar-refractivity contribution >= 4 is 11.6 Å². The molecule has 29 heavy (non-hydrogen) atoms. The summed E-state index contributed by atoms with van der Waals surface area (Å²) in [6.07, 6.45) is 0.162. The Labute approximate surface area is 158 Å². The fourth-order valence-electron chi connectivity index (χ4n) is 2.23. The lowest BCUT2D eigenvalue weighted by Crippen LogP contribution is -2.31. The quantitative estimate of drug-likeness (QED) is 0.362. The first-order chi connectivity index (χ1) is 13.3. The van der Waals surface area contributed by atoms with Crippen molar-refractivity contribution in [2.45, 2.75) is 27.2 Å². The number of anilines is 1. The van der Waals surface area contributed by atoms with Crippen molar-refractivity contribution in [3.05, 3.63) is 52.4 Å². The zero-order chi connectivity index (χ0) is 22.4. The number of nitrogens with one attached hydrogen (secondary N) is 1. The number of carbonyl (C=O) groups excluding carboxylic acids is 1. The van der Waals surface area contributed by atoms with Gasteiger partial charge in [-0.25, -0.2) is 39.5 Å². The van der Waals surface area contributed by atoms with Crippen molar-refractivity contribution < 1.29 is 44.3 Å². The molecule has 2 aromatic rings. The summed E-state index contributed by atoms with van der Waals surface area (Å²) in [5.41, 5.74) is -7.17. The fraction of sp³-hybridized carbons (Fsp3) is 0.278. The molecule has 0 saturated carbocycles. The van der Waals surface area contributed by atoms with Gasteiger partial charge in [0.05, 0.1) is 11.1 Å². The van der Waals surface area contributed by atoms with Gasteiger partial charge in [0.25, 0.3) is 0 Å². The van der Waals surface area contributed by atoms with Crippen LogP contribution in [0.2, 0.25) is 0 Å². The van der Waals surface area contributed by atoms with Crippen molar-refractivity contribution in [1.29, 1.82) is 0 Å². The van der Waals surface area contributed by atoms with E-state index in [2.05, 4.69) is 0 Å². The van der Waals surface area contributed by atoms with Gasteiger partial charge in [-0.15, -0.1) is 0 Å². The second kappa shape index (κ2) is 7.60. The van der Waals surface area contributed by atoms with Gasteiger partial charge in [0.15, 0.2) is 46.5 Å². The molecule has 0 aliphatic heterocycles. The minimum absolute atomic E-state index is 0.162. The predicted octanol–water partition coefficient (Wildman–Crippen LogP) is 5.98. The fourth-order valence-corrected chi connectivity index (χ4v) is 2.23. The molecule has 0 saturated heterocycles. The maximum Gasteiger partial charge on any atom is 0.230 e. The second-order valence-corrected chi connectivity index (χ2v) is 6.64. The lowest BCUT2D eigenvalue weighted by Gasteiger charge is -2.22. The van der Waals surface area contributed by atoms with Crippen molar-refractivity contribution in [3.8, 4) is 11.1 Å². The number of halogens is 9. The van der Waals surface area contributed by atoms with Crippen LogP contribution in [0.3, 0.4) is 0 Å². The molecule has 0 unspecified atom stereocenters. The second-order valence-electron chi connectivity index (χ2n) is 6.64. The summed E-state index contributed by atoms with van der Waals surface area (Å²) in [6, 6.07) is 0. The van der Waals surface area contributed by atoms with E-state index in [0.29, 0.717) is 0 Å². The SMILES string of the molecule is CCC(C)(C)C(=O)Nc1c(F)c(F)c(-c2c(F)c(F)c(F)c(F)c2F)c(F)c1F. The molecule has 2 nitrogen and oxygen atoms in total. The van der Waals surface area contributed by atoms with E-state index < -0.39 is 80.5 Å². The van der Waals surface area contributed by atoms with E-state index in [1.165, 1.54) is 13.8 Å². The van der Waals surface area contributed by atoms with E-state index in [4.69, 9.17) is 0 Å². The lowest BCUT2D eigenvalue weighted by molar-refractivity contribution is -0.124. The van der Waals surface area contributed by atoms with Crippen LogP contribution in [0.1, 0.15) is 27.2 Å². The summed E-state index contributed by atoms with van der Waals surface area (Å²) < 4.78 is 125. The zero-order valence-electron chi connectivity index (χ0n) is 15.0. The van der Waals surface area contributed by atoms with Gasteiger partial charge in [-0.3, -0.25) is 4.79 Å². The van der Waals surface area contributed by atoms with Gasteiger partial charge in [-0.1, -0.05) is 20.8 Å². The molecule has 0 spiro atoms. The minimum atomic E-state index is -2.65. The van der Waals surface area contributed by atoms with Crippen LogP contribution < -0.4 is 5.32 Å². The molecule has 2 aromatic carbocycles. The molecule has 11 heteroatoms. The summed E-state index contributed by atoms with van der Waals surface area (Å²) in [7, 11) is 0. The highest BCUT2D eigenvalue weighted by Gasteiger charge is 2.35. The topological polar surface area (TPSA) is 29.1 Å². The average molecular weight is 429 g/mol. The normalized spacial score (nSPS) is 11.7. The lowest BCUT2D eigenvalue weighted by atomic mass is 9.89. The molecule has 158 valence electrons. The maximum absolute atomic E-state index is 14.3. The third-order valence-electron chi connectivity index (χ3n) is 4.46. The van der Waals surface area contributed by atoms with E-state index in [-0.39, 0.29) is 6.42 Å². The average Bonchev–Trinajstić information content (AvgIpc) is 2.68. The third-order valence-corrected chi connectivity index (χ3v) is 4.46. The minimum Gasteiger partial charge on any atom is -0.321 e. The number of rotatable bonds is 4. The summed E-state index contributed by atoms with van der Waals surface area (Å²) in [5, 5.41) is 1.63. The van der Waals surface area contributed by atoms with E-state index in [0.717, 1.165) is 0 Å². The maximum atomic E-state index is 14.3. The molecule has 0 aliphatic rings. The number of benzene rings is 2. The van der Waals surface area contributed by atoms with Crippen LogP contribution in [0.5, 0.6) is 0 Å². The van der Waals surface area contributed by atoms with Crippen molar-refractivity contribution in [3.63, 3.8) is 0 Å². The van der Waals surface area contributed by atoms with Crippen LogP contribution >= 0.6 is 0 Å². The van der Waals surface area contributed by atoms with Gasteiger partial charge in [-0.2, -0.15) is 0 Å². The Morgan fingerprint density at radius 1 is 0.655 bits per heavy atom. The molecular weight excluding hydrogens is 417 g/mol. The van der Waals surface area contributed by atoms with Gasteiger partial charge >= 0.3 is 0 Å². The first-order valence-corrected chi connectivity index (χ1v) is 7.97. The molecule has 0 fully saturated rings. The van der Waals surface area contributed by atoms with Gasteiger partial charge in [-0.05, 0) is 6.42 Å². The van der Waals surface area contributed by atoms with Gasteiger partial charge in [0, 0.05) is 5.41 Å². The Morgan fingerprint density at radius 2 is 0.966 bits per heavy atom. The van der Waals surface area contributed by atoms with Gasteiger partial charge in [0.1, 0.15) is 5.69 Å². The monoisotopic (exact) mass is 429 g/mol. The summed E-state index contributed by atoms with van der Waals surface area (Å²) in [6.45, 7) is 4.25. The Hall–Kier alpha value is -2.72. The van der Waals surface area contributed by atoms with Crippen LogP contribution in [0.4, 0.5) is 45.2 Å². The van der Waals surface area contributed by atoms with E-state index in [9.17, 15) is 44.3 Å². The molecule has 0 bridgehead atoms. The van der Waals surface area contributed by atoms with Crippen LogP contribution in [0.15, 0.2) is 0 Å². The highest BCUT2D eigenvalue weighted by atomic mass is 19.2. The molecule has 0 heterocycles. The number of carbonyl (C=O) groups is 1. The first-order valence-electron chi connectivity index (χ1n) is 7.97. The molecule has 0 radical (unpaired) electrons. The summed E-state index contributed by atoms with van der Waals surface area (Å²) >= 11 is 0. The highest BCUT2D eigenvalue weighted by molar-refractivity contribution is 5.95. The molecule has 1 amide bonds. The predicted molar refractivity (Wildman–Crippen MR) is 84.2 cm³/mol. The third kappa shape index (κ3) is 3.53. The standard InChI is InChI=1S/C18H12F9NO/c1-4-18(2,3)17(29)28-16-14(26)9(21)6(10(22)15(16)27)5-7(19)11(23)13(25)12(24)8(5)20/h4H2,1-3H3,(H,28,29). The highest BCUT2D eigenvalue weighted by Crippen LogP contribution is 2.39. The number of amides is 1. The van der Waals surface area contributed by atoms with Crippen molar-refractivity contribution in [2.24, 2.45) is 5.41 Å². The Kier molecular flexibility index (Phi) is 5.91. The van der Waals surface area contributed by atoms with Gasteiger partial charge in [0.2, 0.25) is 11.7 Å². The van der Waals surface area contributed by atoms with Crippen molar-refractivity contribution in [2.75, 3.05) is 5.32 Å². The zero-order valence-corrected chi connectivity index (χ0v) is 15.0. The summed E-state index contributed by atoms with van der Waals surface area (Å²) in [5.74, 6) is -23.7. The van der Waals surface area contributed by atoms with E-state index in [1.807, 2.05) is 0 Å². The first kappa shape index (κ1) is 22.6. The molecule has 0 aromatic heterocycles. The molecular formula is C18H12F9NO. The molecule has 0 atom stereocenters. The molecule has 1 N–H and O–H groups in total. The number of hydrogen-bond donors (Lipinski definition) is 1. The number of hydrogen-bond acceptors (Lipinski definition) is 1. The van der Waals surface area contributed by atoms with Gasteiger partial charge < -0.3 is 5.32 Å². The van der Waals surface area contributed by atoms with Crippen LogP contribution in [0, 0.1) is 57.8 Å². The summed E-state index contributed by atoms with van der Waals surface area (Å²) in [4.78, 5) is 12.0. The Bertz CT molecular complexity index is 959. The van der Waals surface area contributed by atoms with E-state index >= 15 is 0 Å². The van der Waals surface area contributed by atoms with Crippen molar-refractivity contribution in [1.82, 2.24) is 0 Å². The van der Waals surface area contributed by atoms with Crippen LogP contribution in [0.25, 0.3) is 11.1 Å². The Morgan fingerprint density at radius 3 is 1.31 bits per heavy atom.